The highest BCUT2D eigenvalue weighted by Gasteiger charge is 2.28. The average Bonchev–Trinajstić information content (AvgIpc) is 2.47. The molecule has 1 aromatic carbocycles. The van der Waals surface area contributed by atoms with Crippen LogP contribution in [0.15, 0.2) is 30.3 Å². The lowest BCUT2D eigenvalue weighted by atomic mass is 9.85. The molecule has 0 spiro atoms. The van der Waals surface area contributed by atoms with Gasteiger partial charge >= 0.3 is 0 Å². The van der Waals surface area contributed by atoms with Crippen LogP contribution in [0.4, 0.5) is 0 Å². The van der Waals surface area contributed by atoms with Gasteiger partial charge in [0.25, 0.3) is 0 Å². The topological polar surface area (TPSA) is 98.2 Å². The number of primary amides is 1. The lowest BCUT2D eigenvalue weighted by Gasteiger charge is -2.28. The second-order valence-corrected chi connectivity index (χ2v) is 5.36. The van der Waals surface area contributed by atoms with Gasteiger partial charge in [-0.2, -0.15) is 0 Å². The molecule has 0 saturated heterocycles. The molecule has 1 fully saturated rings. The molecular weight excluding hydrogens is 290 g/mol. The largest absolute Gasteiger partial charge is 0.369 e. The van der Waals surface area contributed by atoms with Crippen molar-refractivity contribution in [1.29, 1.82) is 0 Å². The van der Waals surface area contributed by atoms with Crippen LogP contribution in [-0.4, -0.2) is 17.9 Å². The molecule has 3 atom stereocenters. The summed E-state index contributed by atoms with van der Waals surface area (Å²) in [5.41, 5.74) is 12.1. The number of hydrogen-bond donors (Lipinski definition) is 3. The molecule has 1 saturated carbocycles. The SMILES string of the molecule is Cl.NC(=O)C1CCCC(NC(=O)C(N)c2ccccc2)C1. The summed E-state index contributed by atoms with van der Waals surface area (Å²) in [4.78, 5) is 23.4. The van der Waals surface area contributed by atoms with Crippen LogP contribution in [-0.2, 0) is 9.59 Å². The van der Waals surface area contributed by atoms with Crippen LogP contribution < -0.4 is 16.8 Å². The Morgan fingerprint density at radius 3 is 2.48 bits per heavy atom. The molecule has 1 aliphatic rings. The van der Waals surface area contributed by atoms with Crippen LogP contribution in [0.5, 0.6) is 0 Å². The smallest absolute Gasteiger partial charge is 0.241 e. The molecule has 2 amide bonds. The van der Waals surface area contributed by atoms with Crippen LogP contribution in [0, 0.1) is 5.92 Å². The zero-order valence-electron chi connectivity index (χ0n) is 11.8. The van der Waals surface area contributed by atoms with E-state index < -0.39 is 6.04 Å². The zero-order valence-corrected chi connectivity index (χ0v) is 12.6. The van der Waals surface area contributed by atoms with Crippen molar-refractivity contribution in [2.75, 3.05) is 0 Å². The molecule has 2 rings (SSSR count). The van der Waals surface area contributed by atoms with E-state index in [1.165, 1.54) is 0 Å². The minimum Gasteiger partial charge on any atom is -0.369 e. The molecule has 0 aliphatic heterocycles. The van der Waals surface area contributed by atoms with E-state index in [0.717, 1.165) is 24.8 Å². The number of amides is 2. The molecule has 1 aromatic rings. The molecule has 5 nitrogen and oxygen atoms in total. The highest BCUT2D eigenvalue weighted by molar-refractivity contribution is 5.85. The second kappa shape index (κ2) is 8.00. The average molecular weight is 312 g/mol. The van der Waals surface area contributed by atoms with Crippen molar-refractivity contribution >= 4 is 24.2 Å². The van der Waals surface area contributed by atoms with Gasteiger partial charge in [0, 0.05) is 12.0 Å². The lowest BCUT2D eigenvalue weighted by molar-refractivity contribution is -0.126. The number of hydrogen-bond acceptors (Lipinski definition) is 3. The lowest BCUT2D eigenvalue weighted by Crippen LogP contribution is -2.44. The fourth-order valence-corrected chi connectivity index (χ4v) is 2.68. The third kappa shape index (κ3) is 4.72. The summed E-state index contributed by atoms with van der Waals surface area (Å²) >= 11 is 0. The molecule has 0 heterocycles. The number of benzene rings is 1. The molecule has 3 unspecified atom stereocenters. The summed E-state index contributed by atoms with van der Waals surface area (Å²) in [7, 11) is 0. The quantitative estimate of drug-likeness (QED) is 0.781. The molecule has 0 bridgehead atoms. The fourth-order valence-electron chi connectivity index (χ4n) is 2.68. The van der Waals surface area contributed by atoms with Gasteiger partial charge < -0.3 is 16.8 Å². The van der Waals surface area contributed by atoms with E-state index in [-0.39, 0.29) is 36.2 Å². The van der Waals surface area contributed by atoms with Gasteiger partial charge in [0.2, 0.25) is 11.8 Å². The van der Waals surface area contributed by atoms with Crippen molar-refractivity contribution in [3.05, 3.63) is 35.9 Å². The van der Waals surface area contributed by atoms with E-state index in [0.29, 0.717) is 6.42 Å². The maximum atomic E-state index is 12.1. The fraction of sp³-hybridized carbons (Fsp3) is 0.467. The number of nitrogens with two attached hydrogens (primary N) is 2. The van der Waals surface area contributed by atoms with Gasteiger partial charge in [0.15, 0.2) is 0 Å². The number of rotatable bonds is 4. The summed E-state index contributed by atoms with van der Waals surface area (Å²) in [6.07, 6.45) is 3.20. The Balaban J connectivity index is 0.00000220. The summed E-state index contributed by atoms with van der Waals surface area (Å²) in [6.45, 7) is 0. The Hall–Kier alpha value is -1.59. The summed E-state index contributed by atoms with van der Waals surface area (Å²) < 4.78 is 0. The summed E-state index contributed by atoms with van der Waals surface area (Å²) in [6, 6.07) is 8.56. The predicted octanol–water partition coefficient (Wildman–Crippen LogP) is 1.27. The van der Waals surface area contributed by atoms with E-state index in [4.69, 9.17) is 11.5 Å². The van der Waals surface area contributed by atoms with Gasteiger partial charge in [-0.3, -0.25) is 9.59 Å². The Kier molecular flexibility index (Phi) is 6.65. The second-order valence-electron chi connectivity index (χ2n) is 5.36. The van der Waals surface area contributed by atoms with E-state index in [2.05, 4.69) is 5.32 Å². The first-order valence-corrected chi connectivity index (χ1v) is 6.98. The van der Waals surface area contributed by atoms with Crippen molar-refractivity contribution < 1.29 is 9.59 Å². The van der Waals surface area contributed by atoms with Gasteiger partial charge in [0.1, 0.15) is 6.04 Å². The number of halogens is 1. The number of nitrogens with one attached hydrogen (secondary N) is 1. The predicted molar refractivity (Wildman–Crippen MR) is 83.7 cm³/mol. The number of carbonyl (C=O) groups excluding carboxylic acids is 2. The van der Waals surface area contributed by atoms with Gasteiger partial charge in [-0.15, -0.1) is 12.4 Å². The van der Waals surface area contributed by atoms with Crippen LogP contribution in [0.3, 0.4) is 0 Å². The standard InChI is InChI=1S/C15H21N3O2.ClH/c16-13(10-5-2-1-3-6-10)15(20)18-12-8-4-7-11(9-12)14(17)19;/h1-3,5-6,11-13H,4,7-9,16H2,(H2,17,19)(H,18,20);1H. The first-order chi connectivity index (χ1) is 9.58. The molecule has 21 heavy (non-hydrogen) atoms. The van der Waals surface area contributed by atoms with Crippen LogP contribution >= 0.6 is 12.4 Å². The highest BCUT2D eigenvalue weighted by Crippen LogP contribution is 2.24. The van der Waals surface area contributed by atoms with Gasteiger partial charge in [-0.25, -0.2) is 0 Å². The van der Waals surface area contributed by atoms with E-state index in [1.807, 2.05) is 30.3 Å². The first kappa shape index (κ1) is 17.5. The first-order valence-electron chi connectivity index (χ1n) is 6.98. The maximum Gasteiger partial charge on any atom is 0.241 e. The molecule has 5 N–H and O–H groups in total. The Labute approximate surface area is 130 Å². The van der Waals surface area contributed by atoms with E-state index in [9.17, 15) is 9.59 Å². The van der Waals surface area contributed by atoms with E-state index in [1.54, 1.807) is 0 Å². The maximum absolute atomic E-state index is 12.1. The zero-order chi connectivity index (χ0) is 14.5. The minimum atomic E-state index is -0.676. The third-order valence-corrected chi connectivity index (χ3v) is 3.86. The normalized spacial score (nSPS) is 22.7. The molecule has 6 heteroatoms. The summed E-state index contributed by atoms with van der Waals surface area (Å²) in [5.74, 6) is -0.621. The van der Waals surface area contributed by atoms with Crippen molar-refractivity contribution in [1.82, 2.24) is 5.32 Å². The Morgan fingerprint density at radius 1 is 1.19 bits per heavy atom. The third-order valence-electron chi connectivity index (χ3n) is 3.86. The molecule has 116 valence electrons. The van der Waals surface area contributed by atoms with E-state index >= 15 is 0 Å². The molecular formula is C15H22ClN3O2. The highest BCUT2D eigenvalue weighted by atomic mass is 35.5. The number of carbonyl (C=O) groups is 2. The molecule has 1 aliphatic carbocycles. The Morgan fingerprint density at radius 2 is 1.86 bits per heavy atom. The van der Waals surface area contributed by atoms with Crippen LogP contribution in [0.2, 0.25) is 0 Å². The van der Waals surface area contributed by atoms with Crippen LogP contribution in [0.1, 0.15) is 37.3 Å². The van der Waals surface area contributed by atoms with Crippen molar-refractivity contribution in [3.8, 4) is 0 Å². The monoisotopic (exact) mass is 311 g/mol. The van der Waals surface area contributed by atoms with Gasteiger partial charge in [-0.1, -0.05) is 36.8 Å². The van der Waals surface area contributed by atoms with Crippen molar-refractivity contribution in [2.24, 2.45) is 17.4 Å². The Bertz CT molecular complexity index is 481. The van der Waals surface area contributed by atoms with Crippen molar-refractivity contribution in [3.63, 3.8) is 0 Å². The van der Waals surface area contributed by atoms with Gasteiger partial charge in [0.05, 0.1) is 0 Å². The summed E-state index contributed by atoms with van der Waals surface area (Å²) in [5, 5.41) is 2.93. The minimum absolute atomic E-state index is 0. The van der Waals surface area contributed by atoms with Gasteiger partial charge in [-0.05, 0) is 24.8 Å². The van der Waals surface area contributed by atoms with Crippen molar-refractivity contribution in [2.45, 2.75) is 37.8 Å². The van der Waals surface area contributed by atoms with Crippen LogP contribution in [0.25, 0.3) is 0 Å². The molecule has 0 aromatic heterocycles. The molecule has 0 radical (unpaired) electrons.